The molecule has 8 N–H and O–H groups in total. The Morgan fingerprint density at radius 3 is 2.58 bits per heavy atom. The van der Waals surface area contributed by atoms with Crippen LogP contribution < -0.4 is 28.2 Å². The SMILES string of the molecule is C[C@H](NCCCN=C(N)N)c1ccc(-n2cc3cc(-c4cc(CCC[C@@H](N)COC(=O)Cc5ccccc5)cc(Cl)c4F)[nH]c3nc2=O)cc1. The molecule has 0 aliphatic heterocycles. The van der Waals surface area contributed by atoms with Crippen LogP contribution in [0.2, 0.25) is 5.02 Å². The van der Waals surface area contributed by atoms with E-state index in [2.05, 4.69) is 27.2 Å². The fraction of sp³-hybridized carbons (Fsp3) is 0.297. The first-order valence-corrected chi connectivity index (χ1v) is 16.9. The molecule has 50 heavy (non-hydrogen) atoms. The molecule has 11 nitrogen and oxygen atoms in total. The van der Waals surface area contributed by atoms with Crippen LogP contribution in [0.1, 0.15) is 48.9 Å². The van der Waals surface area contributed by atoms with Gasteiger partial charge in [0, 0.05) is 35.8 Å². The van der Waals surface area contributed by atoms with E-state index in [9.17, 15) is 9.59 Å². The number of fused-ring (bicyclic) bond motifs is 1. The van der Waals surface area contributed by atoms with Gasteiger partial charge in [-0.3, -0.25) is 14.4 Å². The minimum absolute atomic E-state index is 0.0135. The maximum Gasteiger partial charge on any atom is 0.354 e. The Morgan fingerprint density at radius 2 is 1.84 bits per heavy atom. The van der Waals surface area contributed by atoms with Crippen LogP contribution in [0.3, 0.4) is 0 Å². The van der Waals surface area contributed by atoms with Crippen LogP contribution in [-0.4, -0.2) is 52.2 Å². The number of rotatable bonds is 16. The lowest BCUT2D eigenvalue weighted by Gasteiger charge is -2.15. The predicted molar refractivity (Wildman–Crippen MR) is 196 cm³/mol. The topological polar surface area (TPSA) is 179 Å². The number of carbonyl (C=O) groups excluding carboxylic acids is 1. The molecule has 13 heteroatoms. The van der Waals surface area contributed by atoms with E-state index in [0.29, 0.717) is 48.2 Å². The summed E-state index contributed by atoms with van der Waals surface area (Å²) in [6.45, 7) is 3.47. The molecule has 0 spiro atoms. The Morgan fingerprint density at radius 1 is 1.08 bits per heavy atom. The second-order valence-electron chi connectivity index (χ2n) is 12.2. The van der Waals surface area contributed by atoms with Crippen LogP contribution in [0.4, 0.5) is 4.39 Å². The van der Waals surface area contributed by atoms with Crippen LogP contribution in [0.15, 0.2) is 88.8 Å². The second kappa shape index (κ2) is 17.1. The van der Waals surface area contributed by atoms with Gasteiger partial charge in [0.25, 0.3) is 0 Å². The van der Waals surface area contributed by atoms with Gasteiger partial charge in [0.15, 0.2) is 11.8 Å². The highest BCUT2D eigenvalue weighted by molar-refractivity contribution is 6.31. The quantitative estimate of drug-likeness (QED) is 0.0416. The van der Waals surface area contributed by atoms with E-state index < -0.39 is 11.5 Å². The highest BCUT2D eigenvalue weighted by Gasteiger charge is 2.16. The first-order chi connectivity index (χ1) is 24.1. The van der Waals surface area contributed by atoms with Gasteiger partial charge in [-0.05, 0) is 86.2 Å². The molecule has 262 valence electrons. The molecule has 0 radical (unpaired) electrons. The lowest BCUT2D eigenvalue weighted by atomic mass is 10.0. The van der Waals surface area contributed by atoms with Crippen molar-refractivity contribution in [1.82, 2.24) is 19.9 Å². The number of carbonyl (C=O) groups is 1. The number of aliphatic imine (C=N–C) groups is 1. The molecule has 0 amide bonds. The predicted octanol–water partition coefficient (Wildman–Crippen LogP) is 4.92. The van der Waals surface area contributed by atoms with Gasteiger partial charge in [-0.15, -0.1) is 0 Å². The van der Waals surface area contributed by atoms with Gasteiger partial charge < -0.3 is 32.2 Å². The van der Waals surface area contributed by atoms with Crippen molar-refractivity contribution in [2.75, 3.05) is 19.7 Å². The fourth-order valence-electron chi connectivity index (χ4n) is 5.62. The van der Waals surface area contributed by atoms with Crippen molar-refractivity contribution in [1.29, 1.82) is 0 Å². The molecule has 0 saturated heterocycles. The Balaban J connectivity index is 1.21. The number of hydrogen-bond donors (Lipinski definition) is 5. The van der Waals surface area contributed by atoms with Crippen LogP contribution in [0, 0.1) is 5.82 Å². The standard InChI is InChI=1S/C37H42ClFN8O3/c1-23(43-15-6-16-44-36(41)42)26-11-13-29(14-12-26)47-21-27-20-32(45-35(27)46-37(47)49)30-17-25(18-31(38)34(30)39)9-5-10-28(40)22-50-33(48)19-24-7-3-2-4-8-24/h2-4,7-8,11-14,17-18,20-21,23,28,43H,5-6,9-10,15-16,19,22,40H2,1H3,(H4,41,42,44)(H,45,46,49)/t23-,28+/m0/s1. The molecule has 2 aromatic heterocycles. The molecule has 2 heterocycles. The molecule has 5 aromatic rings. The van der Waals surface area contributed by atoms with E-state index in [1.54, 1.807) is 24.4 Å². The van der Waals surface area contributed by atoms with Crippen molar-refractivity contribution in [3.05, 3.63) is 117 Å². The molecule has 0 unspecified atom stereocenters. The Hall–Kier alpha value is -5.04. The van der Waals surface area contributed by atoms with E-state index in [1.165, 1.54) is 4.57 Å². The minimum Gasteiger partial charge on any atom is -0.464 e. The van der Waals surface area contributed by atoms with Crippen molar-refractivity contribution in [2.45, 2.75) is 51.1 Å². The second-order valence-corrected chi connectivity index (χ2v) is 12.7. The number of nitrogens with two attached hydrogens (primary N) is 3. The van der Waals surface area contributed by atoms with Crippen molar-refractivity contribution in [3.8, 4) is 16.9 Å². The number of aromatic nitrogens is 3. The first kappa shape index (κ1) is 36.2. The summed E-state index contributed by atoms with van der Waals surface area (Å²) >= 11 is 6.32. The zero-order valence-electron chi connectivity index (χ0n) is 27.9. The van der Waals surface area contributed by atoms with Gasteiger partial charge in [0.05, 0.1) is 22.8 Å². The Labute approximate surface area is 294 Å². The third-order valence-corrected chi connectivity index (χ3v) is 8.60. The lowest BCUT2D eigenvalue weighted by Crippen LogP contribution is -2.28. The summed E-state index contributed by atoms with van der Waals surface area (Å²) in [4.78, 5) is 36.5. The number of H-pyrrole nitrogens is 1. The molecule has 0 aliphatic carbocycles. The van der Waals surface area contributed by atoms with Crippen LogP contribution in [-0.2, 0) is 22.4 Å². The maximum atomic E-state index is 15.3. The third kappa shape index (κ3) is 9.78. The Kier molecular flexibility index (Phi) is 12.4. The van der Waals surface area contributed by atoms with E-state index in [0.717, 1.165) is 29.7 Å². The largest absolute Gasteiger partial charge is 0.464 e. The summed E-state index contributed by atoms with van der Waals surface area (Å²) in [5.41, 5.74) is 20.9. The van der Waals surface area contributed by atoms with Gasteiger partial charge in [0.2, 0.25) is 0 Å². The average Bonchev–Trinajstić information content (AvgIpc) is 3.51. The van der Waals surface area contributed by atoms with Crippen molar-refractivity contribution >= 4 is 34.6 Å². The number of benzene rings is 3. The van der Waals surface area contributed by atoms with Crippen LogP contribution in [0.25, 0.3) is 28.0 Å². The number of halogens is 2. The molecular weight excluding hydrogens is 659 g/mol. The fourth-order valence-corrected chi connectivity index (χ4v) is 5.86. The zero-order valence-corrected chi connectivity index (χ0v) is 28.6. The highest BCUT2D eigenvalue weighted by atomic mass is 35.5. The number of ether oxygens (including phenoxy) is 1. The molecule has 2 atom stereocenters. The summed E-state index contributed by atoms with van der Waals surface area (Å²) in [5, 5.41) is 4.05. The number of aryl methyl sites for hydroxylation is 1. The van der Waals surface area contributed by atoms with Crippen molar-refractivity contribution in [3.63, 3.8) is 0 Å². The van der Waals surface area contributed by atoms with Gasteiger partial charge >= 0.3 is 11.7 Å². The Bertz CT molecular complexity index is 1990. The molecule has 0 bridgehead atoms. The normalized spacial score (nSPS) is 12.5. The summed E-state index contributed by atoms with van der Waals surface area (Å²) in [6.07, 6.45) is 4.54. The number of hydrogen-bond acceptors (Lipinski definition) is 7. The first-order valence-electron chi connectivity index (χ1n) is 16.5. The van der Waals surface area contributed by atoms with E-state index in [1.807, 2.05) is 54.6 Å². The van der Waals surface area contributed by atoms with Crippen molar-refractivity contribution in [2.24, 2.45) is 22.2 Å². The van der Waals surface area contributed by atoms with Gasteiger partial charge in [0.1, 0.15) is 12.3 Å². The summed E-state index contributed by atoms with van der Waals surface area (Å²) < 4.78 is 22.1. The summed E-state index contributed by atoms with van der Waals surface area (Å²) in [5.74, 6) is -0.817. The highest BCUT2D eigenvalue weighted by Crippen LogP contribution is 2.31. The molecule has 0 saturated carbocycles. The number of aromatic amines is 1. The number of esters is 1. The number of nitrogens with one attached hydrogen (secondary N) is 2. The average molecular weight is 701 g/mol. The molecule has 0 aliphatic rings. The minimum atomic E-state index is -0.575. The van der Waals surface area contributed by atoms with E-state index in [4.69, 9.17) is 33.5 Å². The molecule has 0 fully saturated rings. The molecular formula is C37H42ClFN8O3. The molecule has 5 rings (SSSR count). The molecule has 3 aromatic carbocycles. The number of nitrogens with zero attached hydrogens (tertiary/aromatic N) is 3. The van der Waals surface area contributed by atoms with Crippen LogP contribution >= 0.6 is 11.6 Å². The van der Waals surface area contributed by atoms with Gasteiger partial charge in [-0.1, -0.05) is 54.1 Å². The van der Waals surface area contributed by atoms with Gasteiger partial charge in [-0.2, -0.15) is 4.98 Å². The summed E-state index contributed by atoms with van der Waals surface area (Å²) in [7, 11) is 0. The zero-order chi connectivity index (χ0) is 35.6. The van der Waals surface area contributed by atoms with Gasteiger partial charge in [-0.25, -0.2) is 9.18 Å². The lowest BCUT2D eigenvalue weighted by molar-refractivity contribution is -0.143. The summed E-state index contributed by atoms with van der Waals surface area (Å²) in [6, 6.07) is 21.8. The van der Waals surface area contributed by atoms with E-state index >= 15 is 4.39 Å². The van der Waals surface area contributed by atoms with Crippen LogP contribution in [0.5, 0.6) is 0 Å². The monoisotopic (exact) mass is 700 g/mol. The van der Waals surface area contributed by atoms with Crippen molar-refractivity contribution < 1.29 is 13.9 Å². The third-order valence-electron chi connectivity index (χ3n) is 8.33. The van der Waals surface area contributed by atoms with E-state index in [-0.39, 0.29) is 47.6 Å². The number of guanidine groups is 1. The smallest absolute Gasteiger partial charge is 0.354 e. The maximum absolute atomic E-state index is 15.3.